The zero-order valence-electron chi connectivity index (χ0n) is 14.0. The van der Waals surface area contributed by atoms with E-state index in [1.165, 1.54) is 13.0 Å². The minimum absolute atomic E-state index is 0.305. The van der Waals surface area contributed by atoms with Gasteiger partial charge < -0.3 is 15.1 Å². The van der Waals surface area contributed by atoms with Crippen LogP contribution in [-0.4, -0.2) is 86.1 Å². The van der Waals surface area contributed by atoms with Gasteiger partial charge in [0.1, 0.15) is 0 Å². The molecule has 0 bridgehead atoms. The van der Waals surface area contributed by atoms with Crippen LogP contribution in [0.1, 0.15) is 27.2 Å². The first-order chi connectivity index (χ1) is 9.94. The number of carbonyl (C=O) groups is 1. The lowest BCUT2D eigenvalue weighted by molar-refractivity contribution is -0.133. The van der Waals surface area contributed by atoms with Gasteiger partial charge in [0.15, 0.2) is 0 Å². The number of hydrogen-bond donors (Lipinski definition) is 1. The van der Waals surface area contributed by atoms with E-state index < -0.39 is 0 Å². The highest BCUT2D eigenvalue weighted by Crippen LogP contribution is 2.19. The van der Waals surface area contributed by atoms with E-state index in [0.29, 0.717) is 17.9 Å². The summed E-state index contributed by atoms with van der Waals surface area (Å²) in [6.07, 6.45) is 1.24. The molecule has 2 rings (SSSR count). The van der Waals surface area contributed by atoms with Crippen molar-refractivity contribution in [2.24, 2.45) is 5.41 Å². The van der Waals surface area contributed by atoms with Crippen molar-refractivity contribution in [1.82, 2.24) is 20.0 Å². The number of amides is 1. The van der Waals surface area contributed by atoms with Crippen LogP contribution in [-0.2, 0) is 4.79 Å². The lowest BCUT2D eigenvalue weighted by Gasteiger charge is -2.37. The minimum atomic E-state index is 0.305. The maximum Gasteiger partial charge on any atom is 0.236 e. The molecule has 5 heteroatoms. The highest BCUT2D eigenvalue weighted by molar-refractivity contribution is 5.78. The molecule has 0 unspecified atom stereocenters. The number of carbonyl (C=O) groups excluding carboxylic acids is 1. The molecule has 0 aliphatic carbocycles. The summed E-state index contributed by atoms with van der Waals surface area (Å²) in [4.78, 5) is 19.1. The van der Waals surface area contributed by atoms with Crippen molar-refractivity contribution in [2.75, 3.05) is 65.4 Å². The summed E-state index contributed by atoms with van der Waals surface area (Å²) < 4.78 is 0. The normalized spacial score (nSPS) is 22.5. The fourth-order valence-electron chi connectivity index (χ4n) is 2.87. The Balaban J connectivity index is 1.65. The topological polar surface area (TPSA) is 38.8 Å². The molecule has 2 saturated heterocycles. The third-order valence-electron chi connectivity index (χ3n) is 4.47. The summed E-state index contributed by atoms with van der Waals surface area (Å²) in [6, 6.07) is 0. The first-order valence-electron chi connectivity index (χ1n) is 8.37. The summed E-state index contributed by atoms with van der Waals surface area (Å²) in [5.41, 5.74) is 0.412. The van der Waals surface area contributed by atoms with Crippen molar-refractivity contribution in [3.63, 3.8) is 0 Å². The van der Waals surface area contributed by atoms with E-state index in [4.69, 9.17) is 0 Å². The maximum atomic E-state index is 12.2. The molecular weight excluding hydrogens is 264 g/mol. The first-order valence-corrected chi connectivity index (χ1v) is 8.37. The Kier molecular flexibility index (Phi) is 6.02. The van der Waals surface area contributed by atoms with Crippen LogP contribution in [0.3, 0.4) is 0 Å². The van der Waals surface area contributed by atoms with Gasteiger partial charge in [0.2, 0.25) is 5.91 Å². The van der Waals surface area contributed by atoms with Gasteiger partial charge in [-0.05, 0) is 18.4 Å². The molecule has 0 aromatic rings. The van der Waals surface area contributed by atoms with E-state index in [1.54, 1.807) is 0 Å². The van der Waals surface area contributed by atoms with Crippen molar-refractivity contribution in [3.05, 3.63) is 0 Å². The molecule has 1 N–H and O–H groups in total. The third-order valence-corrected chi connectivity index (χ3v) is 4.47. The summed E-state index contributed by atoms with van der Waals surface area (Å²) in [5.74, 6) is 0.305. The Hall–Kier alpha value is -0.650. The second kappa shape index (κ2) is 7.56. The summed E-state index contributed by atoms with van der Waals surface area (Å²) in [7, 11) is 0. The quantitative estimate of drug-likeness (QED) is 0.819. The van der Waals surface area contributed by atoms with Crippen LogP contribution < -0.4 is 5.32 Å². The number of piperazine rings is 2. The van der Waals surface area contributed by atoms with Crippen LogP contribution in [0, 0.1) is 5.41 Å². The van der Waals surface area contributed by atoms with E-state index in [1.807, 2.05) is 4.90 Å². The van der Waals surface area contributed by atoms with Crippen molar-refractivity contribution in [1.29, 1.82) is 0 Å². The average Bonchev–Trinajstić information content (AvgIpc) is 2.46. The predicted octanol–water partition coefficient (Wildman–Crippen LogP) is 0.472. The maximum absolute atomic E-state index is 12.2. The largest absolute Gasteiger partial charge is 0.339 e. The molecule has 0 saturated carbocycles. The molecule has 122 valence electrons. The summed E-state index contributed by atoms with van der Waals surface area (Å²) >= 11 is 0. The lowest BCUT2D eigenvalue weighted by atomic mass is 9.92. The van der Waals surface area contributed by atoms with Crippen molar-refractivity contribution >= 4 is 5.91 Å². The van der Waals surface area contributed by atoms with Gasteiger partial charge in [-0.25, -0.2) is 0 Å². The monoisotopic (exact) mass is 296 g/mol. The second-order valence-corrected chi connectivity index (χ2v) is 7.56. The molecule has 5 nitrogen and oxygen atoms in total. The smallest absolute Gasteiger partial charge is 0.236 e. The average molecular weight is 296 g/mol. The van der Waals surface area contributed by atoms with Gasteiger partial charge in [0.05, 0.1) is 6.54 Å². The van der Waals surface area contributed by atoms with Crippen molar-refractivity contribution in [2.45, 2.75) is 27.2 Å². The molecular formula is C16H32N4O. The fourth-order valence-corrected chi connectivity index (χ4v) is 2.87. The van der Waals surface area contributed by atoms with Gasteiger partial charge in [0, 0.05) is 52.4 Å². The third kappa shape index (κ3) is 5.93. The molecule has 0 aromatic carbocycles. The Bertz CT molecular complexity index is 326. The zero-order valence-corrected chi connectivity index (χ0v) is 14.0. The van der Waals surface area contributed by atoms with Crippen molar-refractivity contribution in [3.8, 4) is 0 Å². The molecule has 2 aliphatic rings. The molecule has 0 atom stereocenters. The van der Waals surface area contributed by atoms with Crippen LogP contribution in [0.15, 0.2) is 0 Å². The number of rotatable bonds is 4. The van der Waals surface area contributed by atoms with Gasteiger partial charge in [-0.2, -0.15) is 0 Å². The van der Waals surface area contributed by atoms with Gasteiger partial charge >= 0.3 is 0 Å². The van der Waals surface area contributed by atoms with E-state index in [9.17, 15) is 4.79 Å². The van der Waals surface area contributed by atoms with Crippen molar-refractivity contribution < 1.29 is 4.79 Å². The highest BCUT2D eigenvalue weighted by Gasteiger charge is 2.23. The molecule has 0 radical (unpaired) electrons. The second-order valence-electron chi connectivity index (χ2n) is 7.56. The highest BCUT2D eigenvalue weighted by atomic mass is 16.2. The van der Waals surface area contributed by atoms with Gasteiger partial charge in [-0.3, -0.25) is 9.69 Å². The zero-order chi connectivity index (χ0) is 15.3. The number of hydrogen-bond acceptors (Lipinski definition) is 4. The molecule has 2 heterocycles. The Morgan fingerprint density at radius 3 is 2.10 bits per heavy atom. The Morgan fingerprint density at radius 1 is 0.952 bits per heavy atom. The van der Waals surface area contributed by atoms with Crippen LogP contribution >= 0.6 is 0 Å². The minimum Gasteiger partial charge on any atom is -0.339 e. The molecule has 2 fully saturated rings. The summed E-state index contributed by atoms with van der Waals surface area (Å²) in [6.45, 7) is 16.6. The predicted molar refractivity (Wildman–Crippen MR) is 86.4 cm³/mol. The van der Waals surface area contributed by atoms with E-state index in [0.717, 1.165) is 52.4 Å². The van der Waals surface area contributed by atoms with Crippen LogP contribution in [0.5, 0.6) is 0 Å². The van der Waals surface area contributed by atoms with E-state index in [2.05, 4.69) is 35.9 Å². The summed E-state index contributed by atoms with van der Waals surface area (Å²) in [5, 5.41) is 3.29. The van der Waals surface area contributed by atoms with Gasteiger partial charge in [0.25, 0.3) is 0 Å². The molecule has 2 aliphatic heterocycles. The Morgan fingerprint density at radius 2 is 1.52 bits per heavy atom. The molecule has 0 spiro atoms. The Labute approximate surface area is 129 Å². The van der Waals surface area contributed by atoms with Crippen LogP contribution in [0.2, 0.25) is 0 Å². The van der Waals surface area contributed by atoms with Crippen LogP contribution in [0.25, 0.3) is 0 Å². The lowest BCUT2D eigenvalue weighted by Crippen LogP contribution is -2.53. The van der Waals surface area contributed by atoms with E-state index >= 15 is 0 Å². The standard InChI is InChI=1S/C16H32N4O/c1-16(2,3)4-7-18-10-12-19(13-11-18)14-15(21)20-8-5-17-6-9-20/h17H,4-14H2,1-3H3. The van der Waals surface area contributed by atoms with E-state index in [-0.39, 0.29) is 0 Å². The van der Waals surface area contributed by atoms with Crippen LogP contribution in [0.4, 0.5) is 0 Å². The first kappa shape index (κ1) is 16.7. The SMILES string of the molecule is CC(C)(C)CCN1CCN(CC(=O)N2CCNCC2)CC1. The number of nitrogens with one attached hydrogen (secondary N) is 1. The molecule has 1 amide bonds. The van der Waals surface area contributed by atoms with Gasteiger partial charge in [-0.1, -0.05) is 20.8 Å². The molecule has 21 heavy (non-hydrogen) atoms. The fraction of sp³-hybridized carbons (Fsp3) is 0.938. The number of nitrogens with zero attached hydrogens (tertiary/aromatic N) is 3. The van der Waals surface area contributed by atoms with Gasteiger partial charge in [-0.15, -0.1) is 0 Å². The molecule has 0 aromatic heterocycles.